The minimum absolute atomic E-state index is 0.105. The summed E-state index contributed by atoms with van der Waals surface area (Å²) in [5.41, 5.74) is 1.44. The van der Waals surface area contributed by atoms with Crippen LogP contribution in [0.15, 0.2) is 52.4 Å². The fourth-order valence-electron chi connectivity index (χ4n) is 1.92. The van der Waals surface area contributed by atoms with E-state index in [9.17, 15) is 9.90 Å². The molecule has 6 heteroatoms. The number of fused-ring (bicyclic) bond motifs is 1. The molecule has 0 fully saturated rings. The van der Waals surface area contributed by atoms with Gasteiger partial charge in [-0.3, -0.25) is 4.79 Å². The molecule has 21 heavy (non-hydrogen) atoms. The topological polar surface area (TPSA) is 63.8 Å². The van der Waals surface area contributed by atoms with Crippen LogP contribution in [-0.2, 0) is 0 Å². The van der Waals surface area contributed by atoms with E-state index in [1.165, 1.54) is 10.7 Å². The molecule has 1 N–H and O–H groups in total. The number of hydrogen-bond acceptors (Lipinski definition) is 5. The molecule has 0 unspecified atom stereocenters. The van der Waals surface area contributed by atoms with Crippen LogP contribution in [0.2, 0.25) is 0 Å². The van der Waals surface area contributed by atoms with Crippen molar-refractivity contribution in [2.45, 2.75) is 0 Å². The Morgan fingerprint density at radius 1 is 1.24 bits per heavy atom. The first-order chi connectivity index (χ1) is 10.2. The van der Waals surface area contributed by atoms with Gasteiger partial charge >= 0.3 is 4.87 Å². The summed E-state index contributed by atoms with van der Waals surface area (Å²) in [6, 6.07) is 12.1. The molecule has 106 valence electrons. The van der Waals surface area contributed by atoms with Crippen LogP contribution < -0.4 is 9.61 Å². The largest absolute Gasteiger partial charge is 0.508 e. The van der Waals surface area contributed by atoms with Crippen molar-refractivity contribution >= 4 is 27.8 Å². The molecule has 0 spiro atoms. The molecule has 0 bridgehead atoms. The lowest BCUT2D eigenvalue weighted by atomic mass is 10.2. The van der Waals surface area contributed by atoms with Gasteiger partial charge in [-0.15, -0.1) is 0 Å². The quantitative estimate of drug-likeness (QED) is 0.756. The predicted octanol–water partition coefficient (Wildman–Crippen LogP) is 2.66. The number of ether oxygens (including phenoxy) is 1. The van der Waals surface area contributed by atoms with Crippen molar-refractivity contribution in [3.63, 3.8) is 0 Å². The first kappa shape index (κ1) is 13.4. The number of aromatic nitrogens is 1. The van der Waals surface area contributed by atoms with Crippen LogP contribution in [0.25, 0.3) is 10.2 Å². The first-order valence-electron chi connectivity index (χ1n) is 6.20. The van der Waals surface area contributed by atoms with Gasteiger partial charge in [0.1, 0.15) is 11.5 Å². The molecule has 0 amide bonds. The lowest BCUT2D eigenvalue weighted by Gasteiger charge is -1.99. The highest BCUT2D eigenvalue weighted by molar-refractivity contribution is 7.16. The average Bonchev–Trinajstić information content (AvgIpc) is 2.80. The Morgan fingerprint density at radius 3 is 2.71 bits per heavy atom. The Hall–Kier alpha value is -2.60. The van der Waals surface area contributed by atoms with Gasteiger partial charge in [0.2, 0.25) is 0 Å². The SMILES string of the molecule is COc1ccc(/C=N/n2c(=O)sc3ccc(O)cc32)cc1. The standard InChI is InChI=1S/C15H12N2O3S/c1-20-12-5-2-10(3-6-12)9-16-17-13-8-11(18)4-7-14(13)21-15(17)19/h2-9,18H,1H3/b16-9+. The van der Waals surface area contributed by atoms with Gasteiger partial charge in [0.25, 0.3) is 0 Å². The van der Waals surface area contributed by atoms with E-state index in [-0.39, 0.29) is 10.6 Å². The van der Waals surface area contributed by atoms with Crippen molar-refractivity contribution in [2.75, 3.05) is 7.11 Å². The van der Waals surface area contributed by atoms with E-state index in [1.807, 2.05) is 24.3 Å². The zero-order valence-electron chi connectivity index (χ0n) is 11.2. The number of nitrogens with zero attached hydrogens (tertiary/aromatic N) is 2. The Bertz CT molecular complexity index is 863. The van der Waals surface area contributed by atoms with E-state index in [1.54, 1.807) is 25.5 Å². The third-order valence-electron chi connectivity index (χ3n) is 2.98. The molecule has 0 aliphatic carbocycles. The van der Waals surface area contributed by atoms with Crippen LogP contribution in [-0.4, -0.2) is 23.1 Å². The number of benzene rings is 2. The summed E-state index contributed by atoms with van der Waals surface area (Å²) < 4.78 is 7.15. The molecular weight excluding hydrogens is 288 g/mol. The zero-order chi connectivity index (χ0) is 14.8. The van der Waals surface area contributed by atoms with E-state index < -0.39 is 0 Å². The summed E-state index contributed by atoms with van der Waals surface area (Å²) in [6.45, 7) is 0. The van der Waals surface area contributed by atoms with Crippen molar-refractivity contribution < 1.29 is 9.84 Å². The van der Waals surface area contributed by atoms with Crippen LogP contribution >= 0.6 is 11.3 Å². The maximum Gasteiger partial charge on any atom is 0.328 e. The van der Waals surface area contributed by atoms with Gasteiger partial charge in [0.05, 0.1) is 23.5 Å². The summed E-state index contributed by atoms with van der Waals surface area (Å²) in [5.74, 6) is 0.865. The van der Waals surface area contributed by atoms with E-state index in [4.69, 9.17) is 4.74 Å². The molecule has 3 aromatic rings. The zero-order valence-corrected chi connectivity index (χ0v) is 12.0. The fourth-order valence-corrected chi connectivity index (χ4v) is 2.72. The number of phenolic OH excluding ortho intramolecular Hbond substituents is 1. The van der Waals surface area contributed by atoms with Crippen LogP contribution in [0.5, 0.6) is 11.5 Å². The summed E-state index contributed by atoms with van der Waals surface area (Å²) in [7, 11) is 1.60. The maximum atomic E-state index is 11.9. The molecule has 3 rings (SSSR count). The van der Waals surface area contributed by atoms with E-state index in [2.05, 4.69) is 5.10 Å². The van der Waals surface area contributed by atoms with E-state index in [0.29, 0.717) is 5.52 Å². The maximum absolute atomic E-state index is 11.9. The Balaban J connectivity index is 2.00. The van der Waals surface area contributed by atoms with Crippen molar-refractivity contribution in [3.8, 4) is 11.5 Å². The molecule has 0 aliphatic rings. The van der Waals surface area contributed by atoms with Crippen LogP contribution in [0, 0.1) is 0 Å². The van der Waals surface area contributed by atoms with Gasteiger partial charge in [-0.05, 0) is 42.0 Å². The van der Waals surface area contributed by atoms with Crippen LogP contribution in [0.3, 0.4) is 0 Å². The smallest absolute Gasteiger partial charge is 0.328 e. The van der Waals surface area contributed by atoms with E-state index in [0.717, 1.165) is 27.3 Å². The van der Waals surface area contributed by atoms with Gasteiger partial charge in [-0.1, -0.05) is 11.3 Å². The monoisotopic (exact) mass is 300 g/mol. The highest BCUT2D eigenvalue weighted by atomic mass is 32.1. The minimum Gasteiger partial charge on any atom is -0.508 e. The molecule has 0 atom stereocenters. The van der Waals surface area contributed by atoms with Gasteiger partial charge in [0.15, 0.2) is 0 Å². The van der Waals surface area contributed by atoms with Gasteiger partial charge in [0, 0.05) is 6.07 Å². The second-order valence-electron chi connectivity index (χ2n) is 4.35. The normalized spacial score (nSPS) is 11.3. The highest BCUT2D eigenvalue weighted by Gasteiger charge is 2.06. The Morgan fingerprint density at radius 2 is 2.00 bits per heavy atom. The molecule has 0 aliphatic heterocycles. The number of thiazole rings is 1. The molecule has 0 saturated heterocycles. The van der Waals surface area contributed by atoms with Crippen molar-refractivity contribution in [1.29, 1.82) is 0 Å². The van der Waals surface area contributed by atoms with Crippen molar-refractivity contribution in [3.05, 3.63) is 57.7 Å². The Labute approximate surface area is 124 Å². The second kappa shape index (κ2) is 5.41. The Kier molecular flexibility index (Phi) is 3.45. The third kappa shape index (κ3) is 2.66. The van der Waals surface area contributed by atoms with Crippen LogP contribution in [0.1, 0.15) is 5.56 Å². The van der Waals surface area contributed by atoms with Gasteiger partial charge in [-0.25, -0.2) is 0 Å². The molecule has 5 nitrogen and oxygen atoms in total. The highest BCUT2D eigenvalue weighted by Crippen LogP contribution is 2.22. The molecule has 0 radical (unpaired) electrons. The average molecular weight is 300 g/mol. The van der Waals surface area contributed by atoms with Crippen molar-refractivity contribution in [1.82, 2.24) is 4.68 Å². The number of phenols is 1. The van der Waals surface area contributed by atoms with Crippen molar-refractivity contribution in [2.24, 2.45) is 5.10 Å². The van der Waals surface area contributed by atoms with Gasteiger partial charge in [-0.2, -0.15) is 9.78 Å². The van der Waals surface area contributed by atoms with Crippen LogP contribution in [0.4, 0.5) is 0 Å². The lowest BCUT2D eigenvalue weighted by molar-refractivity contribution is 0.415. The lowest BCUT2D eigenvalue weighted by Crippen LogP contribution is -2.07. The molecule has 1 aromatic heterocycles. The third-order valence-corrected chi connectivity index (χ3v) is 3.89. The van der Waals surface area contributed by atoms with Gasteiger partial charge < -0.3 is 9.84 Å². The fraction of sp³-hybridized carbons (Fsp3) is 0.0667. The summed E-state index contributed by atoms with van der Waals surface area (Å²) in [4.78, 5) is 11.7. The number of methoxy groups -OCH3 is 1. The summed E-state index contributed by atoms with van der Waals surface area (Å²) >= 11 is 1.09. The molecule has 2 aromatic carbocycles. The molecular formula is C15H12N2O3S. The molecule has 0 saturated carbocycles. The first-order valence-corrected chi connectivity index (χ1v) is 7.02. The number of aromatic hydroxyl groups is 1. The number of hydrogen-bond donors (Lipinski definition) is 1. The second-order valence-corrected chi connectivity index (χ2v) is 5.34. The molecule has 1 heterocycles. The summed E-state index contributed by atoms with van der Waals surface area (Å²) in [6.07, 6.45) is 1.59. The summed E-state index contributed by atoms with van der Waals surface area (Å²) in [5, 5.41) is 13.7. The minimum atomic E-state index is -0.194. The predicted molar refractivity (Wildman–Crippen MR) is 83.7 cm³/mol. The number of rotatable bonds is 3. The van der Waals surface area contributed by atoms with E-state index >= 15 is 0 Å².